The molecule has 0 saturated heterocycles. The number of hydrogen-bond acceptors (Lipinski definition) is 3. The van der Waals surface area contributed by atoms with Crippen LogP contribution in [-0.2, 0) is 14.3 Å². The van der Waals surface area contributed by atoms with Gasteiger partial charge in [-0.15, -0.1) is 0 Å². The highest BCUT2D eigenvalue weighted by Crippen LogP contribution is 2.40. The van der Waals surface area contributed by atoms with E-state index in [0.717, 1.165) is 6.42 Å². The topological polar surface area (TPSA) is 63.6 Å². The number of carboxylic acids is 1. The van der Waals surface area contributed by atoms with Gasteiger partial charge in [-0.05, 0) is 39.5 Å². The van der Waals surface area contributed by atoms with Crippen molar-refractivity contribution >= 4 is 11.9 Å². The molecular weight excluding hydrogens is 232 g/mol. The standard InChI is InChI=1S/C14H26O4/c1-7-10(2)8-14(5,12(17)18-6)9-13(3,4)11(15)16/h10H,7-9H2,1-6H3,(H,15,16). The third kappa shape index (κ3) is 4.31. The van der Waals surface area contributed by atoms with Crippen molar-refractivity contribution in [3.05, 3.63) is 0 Å². The molecule has 0 aromatic heterocycles. The SMILES string of the molecule is CCC(C)CC(C)(CC(C)(C)C(=O)O)C(=O)OC. The number of carbonyl (C=O) groups is 2. The fourth-order valence-electron chi connectivity index (χ4n) is 2.44. The molecule has 0 bridgehead atoms. The minimum atomic E-state index is -0.934. The molecular formula is C14H26O4. The predicted octanol–water partition coefficient (Wildman–Crippen LogP) is 3.10. The predicted molar refractivity (Wildman–Crippen MR) is 70.2 cm³/mol. The van der Waals surface area contributed by atoms with Crippen LogP contribution in [0.1, 0.15) is 53.9 Å². The van der Waals surface area contributed by atoms with E-state index in [2.05, 4.69) is 13.8 Å². The number of rotatable bonds is 7. The molecule has 0 aliphatic rings. The Kier molecular flexibility index (Phi) is 5.84. The Morgan fingerprint density at radius 3 is 2.11 bits per heavy atom. The number of esters is 1. The number of carbonyl (C=O) groups excluding carboxylic acids is 1. The number of hydrogen-bond donors (Lipinski definition) is 1. The zero-order chi connectivity index (χ0) is 14.6. The summed E-state index contributed by atoms with van der Waals surface area (Å²) in [4.78, 5) is 23.2. The van der Waals surface area contributed by atoms with Gasteiger partial charge in [-0.3, -0.25) is 9.59 Å². The lowest BCUT2D eigenvalue weighted by Crippen LogP contribution is -2.38. The quantitative estimate of drug-likeness (QED) is 0.713. The van der Waals surface area contributed by atoms with Crippen molar-refractivity contribution in [2.45, 2.75) is 53.9 Å². The first-order chi connectivity index (χ1) is 8.09. The van der Waals surface area contributed by atoms with Gasteiger partial charge in [0.15, 0.2) is 0 Å². The molecule has 0 amide bonds. The number of aliphatic carboxylic acids is 1. The van der Waals surface area contributed by atoms with Crippen molar-refractivity contribution in [3.63, 3.8) is 0 Å². The average molecular weight is 258 g/mol. The first kappa shape index (κ1) is 16.9. The van der Waals surface area contributed by atoms with Crippen LogP contribution in [-0.4, -0.2) is 24.2 Å². The van der Waals surface area contributed by atoms with Gasteiger partial charge in [0.25, 0.3) is 0 Å². The van der Waals surface area contributed by atoms with Gasteiger partial charge in [-0.25, -0.2) is 0 Å². The molecule has 2 atom stereocenters. The zero-order valence-electron chi connectivity index (χ0n) is 12.4. The summed E-state index contributed by atoms with van der Waals surface area (Å²) in [5, 5.41) is 9.20. The Hall–Kier alpha value is -1.06. The highest BCUT2D eigenvalue weighted by molar-refractivity contribution is 5.79. The van der Waals surface area contributed by atoms with Crippen LogP contribution in [0, 0.1) is 16.7 Å². The minimum Gasteiger partial charge on any atom is -0.481 e. The normalized spacial score (nSPS) is 16.8. The lowest BCUT2D eigenvalue weighted by Gasteiger charge is -2.34. The van der Waals surface area contributed by atoms with Crippen molar-refractivity contribution in [3.8, 4) is 0 Å². The second-order valence-electron chi connectivity index (χ2n) is 6.14. The van der Waals surface area contributed by atoms with Crippen molar-refractivity contribution < 1.29 is 19.4 Å². The van der Waals surface area contributed by atoms with Crippen LogP contribution in [0.3, 0.4) is 0 Å². The maximum atomic E-state index is 12.0. The molecule has 0 radical (unpaired) electrons. The Labute approximate surface area is 110 Å². The van der Waals surface area contributed by atoms with E-state index in [1.54, 1.807) is 20.8 Å². The van der Waals surface area contributed by atoms with Crippen molar-refractivity contribution in [1.29, 1.82) is 0 Å². The first-order valence-corrected chi connectivity index (χ1v) is 6.41. The maximum absolute atomic E-state index is 12.0. The van der Waals surface area contributed by atoms with Gasteiger partial charge in [0, 0.05) is 0 Å². The smallest absolute Gasteiger partial charge is 0.311 e. The fourth-order valence-corrected chi connectivity index (χ4v) is 2.44. The zero-order valence-corrected chi connectivity index (χ0v) is 12.4. The molecule has 0 aliphatic carbocycles. The highest BCUT2D eigenvalue weighted by Gasteiger charge is 2.43. The van der Waals surface area contributed by atoms with Gasteiger partial charge in [0.2, 0.25) is 0 Å². The third-order valence-electron chi connectivity index (χ3n) is 3.59. The minimum absolute atomic E-state index is 0.284. The van der Waals surface area contributed by atoms with Gasteiger partial charge in [0.05, 0.1) is 17.9 Å². The summed E-state index contributed by atoms with van der Waals surface area (Å²) in [7, 11) is 1.35. The van der Waals surface area contributed by atoms with Crippen molar-refractivity contribution in [2.75, 3.05) is 7.11 Å². The summed E-state index contributed by atoms with van der Waals surface area (Å²) >= 11 is 0. The van der Waals surface area contributed by atoms with Crippen LogP contribution in [0.5, 0.6) is 0 Å². The number of carboxylic acid groups (broad SMARTS) is 1. The molecule has 0 aromatic carbocycles. The second-order valence-corrected chi connectivity index (χ2v) is 6.14. The summed E-state index contributed by atoms with van der Waals surface area (Å²) in [5.74, 6) is -0.849. The van der Waals surface area contributed by atoms with Crippen LogP contribution in [0.15, 0.2) is 0 Å². The van der Waals surface area contributed by atoms with E-state index in [1.165, 1.54) is 7.11 Å². The molecule has 0 aromatic rings. The van der Waals surface area contributed by atoms with E-state index >= 15 is 0 Å². The van der Waals surface area contributed by atoms with E-state index in [9.17, 15) is 14.7 Å². The van der Waals surface area contributed by atoms with Crippen molar-refractivity contribution in [2.24, 2.45) is 16.7 Å². The van der Waals surface area contributed by atoms with E-state index in [-0.39, 0.29) is 12.4 Å². The Morgan fingerprint density at radius 1 is 1.28 bits per heavy atom. The Morgan fingerprint density at radius 2 is 1.78 bits per heavy atom. The van der Waals surface area contributed by atoms with Crippen LogP contribution in [0.4, 0.5) is 0 Å². The van der Waals surface area contributed by atoms with Crippen LogP contribution in [0.2, 0.25) is 0 Å². The number of methoxy groups -OCH3 is 1. The molecule has 18 heavy (non-hydrogen) atoms. The van der Waals surface area contributed by atoms with E-state index < -0.39 is 16.8 Å². The fraction of sp³-hybridized carbons (Fsp3) is 0.857. The Bertz CT molecular complexity index is 309. The summed E-state index contributed by atoms with van der Waals surface area (Å²) < 4.78 is 4.85. The summed E-state index contributed by atoms with van der Waals surface area (Å²) in [6, 6.07) is 0. The van der Waals surface area contributed by atoms with Crippen LogP contribution in [0.25, 0.3) is 0 Å². The molecule has 106 valence electrons. The average Bonchev–Trinajstić information content (AvgIpc) is 2.26. The lowest BCUT2D eigenvalue weighted by molar-refractivity contribution is -0.159. The van der Waals surface area contributed by atoms with Gasteiger partial charge in [-0.2, -0.15) is 0 Å². The van der Waals surface area contributed by atoms with Crippen LogP contribution < -0.4 is 0 Å². The van der Waals surface area contributed by atoms with Crippen molar-refractivity contribution in [1.82, 2.24) is 0 Å². The molecule has 0 aliphatic heterocycles. The molecule has 4 heteroatoms. The molecule has 1 N–H and O–H groups in total. The van der Waals surface area contributed by atoms with Gasteiger partial charge >= 0.3 is 11.9 Å². The monoisotopic (exact) mass is 258 g/mol. The maximum Gasteiger partial charge on any atom is 0.311 e. The molecule has 2 unspecified atom stereocenters. The van der Waals surface area contributed by atoms with E-state index in [4.69, 9.17) is 4.74 Å². The van der Waals surface area contributed by atoms with E-state index in [0.29, 0.717) is 12.3 Å². The summed E-state index contributed by atoms with van der Waals surface area (Å²) in [6.07, 6.45) is 1.89. The number of ether oxygens (including phenoxy) is 1. The van der Waals surface area contributed by atoms with Gasteiger partial charge < -0.3 is 9.84 Å². The molecule has 0 spiro atoms. The first-order valence-electron chi connectivity index (χ1n) is 6.41. The van der Waals surface area contributed by atoms with Gasteiger partial charge in [-0.1, -0.05) is 20.3 Å². The highest BCUT2D eigenvalue weighted by atomic mass is 16.5. The molecule has 0 heterocycles. The lowest BCUT2D eigenvalue weighted by atomic mass is 9.69. The molecule has 0 fully saturated rings. The van der Waals surface area contributed by atoms with Gasteiger partial charge in [0.1, 0.15) is 0 Å². The summed E-state index contributed by atoms with van der Waals surface area (Å²) in [6.45, 7) is 9.22. The third-order valence-corrected chi connectivity index (χ3v) is 3.59. The molecule has 0 saturated carbocycles. The molecule has 4 nitrogen and oxygen atoms in total. The Balaban J connectivity index is 5.11. The second kappa shape index (κ2) is 6.21. The summed E-state index contributed by atoms with van der Waals surface area (Å²) in [5.41, 5.74) is -1.68. The van der Waals surface area contributed by atoms with Crippen LogP contribution >= 0.6 is 0 Å². The molecule has 0 rings (SSSR count). The largest absolute Gasteiger partial charge is 0.481 e. The van der Waals surface area contributed by atoms with E-state index in [1.807, 2.05) is 0 Å².